The van der Waals surface area contributed by atoms with Crippen LogP contribution in [0.5, 0.6) is 0 Å². The van der Waals surface area contributed by atoms with Gasteiger partial charge in [0.25, 0.3) is 10.0 Å². The van der Waals surface area contributed by atoms with Gasteiger partial charge in [0.05, 0.1) is 19.3 Å². The molecule has 1 aromatic heterocycles. The molecule has 2 heterocycles. The number of aryl methyl sites for hydroxylation is 2. The number of esters is 1. The molecule has 2 aromatic rings. The van der Waals surface area contributed by atoms with Crippen LogP contribution in [0.3, 0.4) is 0 Å². The number of hydrogen-bond donors (Lipinski definition) is 0. The molecule has 0 radical (unpaired) electrons. The molecular formula is C15H16N2O5S. The molecule has 3 rings (SSSR count). The maximum absolute atomic E-state index is 13.0. The SMILES string of the molecule is COC(=O)C1CN(S(=O)(=O)c2c(C)noc2C)c2ccccc21. The number of fused-ring (bicyclic) bond motifs is 1. The van der Waals surface area contributed by atoms with Gasteiger partial charge in [-0.15, -0.1) is 0 Å². The molecule has 0 saturated carbocycles. The van der Waals surface area contributed by atoms with Gasteiger partial charge < -0.3 is 9.26 Å². The van der Waals surface area contributed by atoms with E-state index >= 15 is 0 Å². The Kier molecular flexibility index (Phi) is 3.63. The van der Waals surface area contributed by atoms with Crippen molar-refractivity contribution in [3.05, 3.63) is 41.3 Å². The highest BCUT2D eigenvalue weighted by Gasteiger charge is 2.42. The van der Waals surface area contributed by atoms with Crippen LogP contribution < -0.4 is 4.31 Å². The van der Waals surface area contributed by atoms with Crippen molar-refractivity contribution in [3.63, 3.8) is 0 Å². The maximum atomic E-state index is 13.0. The number of sulfonamides is 1. The average molecular weight is 336 g/mol. The van der Waals surface area contributed by atoms with E-state index in [1.54, 1.807) is 38.1 Å². The number of nitrogens with zero attached hydrogens (tertiary/aromatic N) is 2. The predicted octanol–water partition coefficient (Wildman–Crippen LogP) is 1.76. The largest absolute Gasteiger partial charge is 0.468 e. The first-order chi connectivity index (χ1) is 10.9. The van der Waals surface area contributed by atoms with Crippen molar-refractivity contribution in [2.24, 2.45) is 0 Å². The van der Waals surface area contributed by atoms with Gasteiger partial charge in [0.2, 0.25) is 0 Å². The summed E-state index contributed by atoms with van der Waals surface area (Å²) in [5, 5.41) is 3.71. The monoisotopic (exact) mass is 336 g/mol. The van der Waals surface area contributed by atoms with E-state index in [-0.39, 0.29) is 17.2 Å². The van der Waals surface area contributed by atoms with E-state index in [9.17, 15) is 13.2 Å². The lowest BCUT2D eigenvalue weighted by atomic mass is 10.0. The summed E-state index contributed by atoms with van der Waals surface area (Å²) in [6.45, 7) is 3.12. The third kappa shape index (κ3) is 2.29. The first-order valence-corrected chi connectivity index (χ1v) is 8.44. The normalized spacial score (nSPS) is 17.2. The van der Waals surface area contributed by atoms with E-state index in [4.69, 9.17) is 9.26 Å². The molecule has 1 aliphatic heterocycles. The molecule has 0 fully saturated rings. The lowest BCUT2D eigenvalue weighted by Crippen LogP contribution is -2.32. The van der Waals surface area contributed by atoms with Crippen LogP contribution in [0.4, 0.5) is 5.69 Å². The Bertz CT molecular complexity index is 852. The maximum Gasteiger partial charge on any atom is 0.315 e. The van der Waals surface area contributed by atoms with Gasteiger partial charge in [0.15, 0.2) is 10.7 Å². The van der Waals surface area contributed by atoms with E-state index < -0.39 is 21.9 Å². The van der Waals surface area contributed by atoms with E-state index in [1.807, 2.05) is 0 Å². The van der Waals surface area contributed by atoms with Crippen LogP contribution in [-0.2, 0) is 19.6 Å². The minimum absolute atomic E-state index is 0.00157. The fraction of sp³-hybridized carbons (Fsp3) is 0.333. The van der Waals surface area contributed by atoms with Crippen molar-refractivity contribution in [1.82, 2.24) is 5.16 Å². The number of para-hydroxylation sites is 1. The van der Waals surface area contributed by atoms with E-state index in [0.29, 0.717) is 16.9 Å². The van der Waals surface area contributed by atoms with E-state index in [2.05, 4.69) is 5.16 Å². The van der Waals surface area contributed by atoms with Crippen LogP contribution >= 0.6 is 0 Å². The number of benzene rings is 1. The molecule has 0 aliphatic carbocycles. The number of aromatic nitrogens is 1. The smallest absolute Gasteiger partial charge is 0.315 e. The Balaban J connectivity index is 2.13. The highest BCUT2D eigenvalue weighted by Crippen LogP contribution is 2.40. The second-order valence-corrected chi connectivity index (χ2v) is 7.12. The van der Waals surface area contributed by atoms with Crippen LogP contribution in [0.25, 0.3) is 0 Å². The molecule has 0 amide bonds. The van der Waals surface area contributed by atoms with Crippen LogP contribution in [0.15, 0.2) is 33.7 Å². The minimum atomic E-state index is -3.88. The third-order valence-electron chi connectivity index (χ3n) is 3.93. The lowest BCUT2D eigenvalue weighted by molar-refractivity contribution is -0.141. The highest BCUT2D eigenvalue weighted by molar-refractivity contribution is 7.93. The first kappa shape index (κ1) is 15.5. The molecule has 0 N–H and O–H groups in total. The van der Waals surface area contributed by atoms with Crippen LogP contribution in [0.2, 0.25) is 0 Å². The van der Waals surface area contributed by atoms with Crippen molar-refractivity contribution in [2.75, 3.05) is 18.0 Å². The number of carbonyl (C=O) groups excluding carboxylic acids is 1. The van der Waals surface area contributed by atoms with Gasteiger partial charge >= 0.3 is 5.97 Å². The molecule has 0 spiro atoms. The summed E-state index contributed by atoms with van der Waals surface area (Å²) in [7, 11) is -2.59. The Hall–Kier alpha value is -2.35. The molecule has 1 aliphatic rings. The van der Waals surface area contributed by atoms with Crippen molar-refractivity contribution in [3.8, 4) is 0 Å². The molecule has 23 heavy (non-hydrogen) atoms. The molecule has 0 bridgehead atoms. The van der Waals surface area contributed by atoms with Gasteiger partial charge in [-0.2, -0.15) is 0 Å². The van der Waals surface area contributed by atoms with Gasteiger partial charge in [-0.25, -0.2) is 8.42 Å². The second kappa shape index (κ2) is 5.38. The number of ether oxygens (including phenoxy) is 1. The number of methoxy groups -OCH3 is 1. The zero-order valence-corrected chi connectivity index (χ0v) is 13.8. The number of carbonyl (C=O) groups is 1. The zero-order valence-electron chi connectivity index (χ0n) is 12.9. The summed E-state index contributed by atoms with van der Waals surface area (Å²) >= 11 is 0. The predicted molar refractivity (Wildman–Crippen MR) is 81.7 cm³/mol. The Morgan fingerprint density at radius 1 is 1.35 bits per heavy atom. The van der Waals surface area contributed by atoms with Gasteiger partial charge in [-0.3, -0.25) is 9.10 Å². The summed E-state index contributed by atoms with van der Waals surface area (Å²) < 4.78 is 37.1. The molecule has 8 heteroatoms. The Morgan fingerprint density at radius 2 is 2.04 bits per heavy atom. The molecule has 0 saturated heterocycles. The summed E-state index contributed by atoms with van der Waals surface area (Å²) in [5.41, 5.74) is 1.40. The van der Waals surface area contributed by atoms with Crippen LogP contribution in [0, 0.1) is 13.8 Å². The van der Waals surface area contributed by atoms with E-state index in [1.165, 1.54) is 11.4 Å². The average Bonchev–Trinajstić information content (AvgIpc) is 3.08. The molecule has 1 atom stereocenters. The molecule has 122 valence electrons. The summed E-state index contributed by atoms with van der Waals surface area (Å²) in [5.74, 6) is -0.887. The van der Waals surface area contributed by atoms with E-state index in [0.717, 1.165) is 0 Å². The van der Waals surface area contributed by atoms with Gasteiger partial charge in [-0.1, -0.05) is 23.4 Å². The fourth-order valence-corrected chi connectivity index (χ4v) is 4.70. The Morgan fingerprint density at radius 3 is 2.65 bits per heavy atom. The molecule has 1 unspecified atom stereocenters. The van der Waals surface area contributed by atoms with Crippen LogP contribution in [-0.4, -0.2) is 33.2 Å². The number of hydrogen-bond acceptors (Lipinski definition) is 6. The quantitative estimate of drug-likeness (QED) is 0.793. The topological polar surface area (TPSA) is 89.7 Å². The van der Waals surface area contributed by atoms with Crippen molar-refractivity contribution in [1.29, 1.82) is 0 Å². The Labute approximate surface area is 133 Å². The lowest BCUT2D eigenvalue weighted by Gasteiger charge is -2.19. The second-order valence-electron chi connectivity index (χ2n) is 5.32. The summed E-state index contributed by atoms with van der Waals surface area (Å²) in [6, 6.07) is 6.91. The summed E-state index contributed by atoms with van der Waals surface area (Å²) in [6.07, 6.45) is 0. The highest BCUT2D eigenvalue weighted by atomic mass is 32.2. The fourth-order valence-electron chi connectivity index (χ4n) is 2.90. The molecular weight excluding hydrogens is 320 g/mol. The van der Waals surface area contributed by atoms with Crippen molar-refractivity contribution in [2.45, 2.75) is 24.7 Å². The van der Waals surface area contributed by atoms with Crippen molar-refractivity contribution < 1.29 is 22.5 Å². The van der Waals surface area contributed by atoms with Gasteiger partial charge in [0.1, 0.15) is 11.6 Å². The van der Waals surface area contributed by atoms with Gasteiger partial charge in [0, 0.05) is 0 Å². The number of anilines is 1. The molecule has 7 nitrogen and oxygen atoms in total. The van der Waals surface area contributed by atoms with Crippen LogP contribution in [0.1, 0.15) is 22.9 Å². The van der Waals surface area contributed by atoms with Gasteiger partial charge in [-0.05, 0) is 25.5 Å². The third-order valence-corrected chi connectivity index (χ3v) is 5.96. The zero-order chi connectivity index (χ0) is 16.8. The standard InChI is InChI=1S/C15H16N2O5S/c1-9-14(10(2)22-16-9)23(19,20)17-8-12(15(18)21-3)11-6-4-5-7-13(11)17/h4-7,12H,8H2,1-3H3. The number of rotatable bonds is 3. The molecule has 1 aromatic carbocycles. The first-order valence-electron chi connectivity index (χ1n) is 7.00. The van der Waals surface area contributed by atoms with Crippen molar-refractivity contribution >= 4 is 21.7 Å². The minimum Gasteiger partial charge on any atom is -0.468 e. The summed E-state index contributed by atoms with van der Waals surface area (Å²) in [4.78, 5) is 12.0.